The van der Waals surface area contributed by atoms with E-state index >= 15 is 0 Å². The summed E-state index contributed by atoms with van der Waals surface area (Å²) < 4.78 is 24.5. The standard InChI is InChI=1S/C22H20ClFN2O3S/c23-19-10-16(29-12-14-3-1-4-15(24)9-14)6-7-18(19)22-26-20(13-30-22)21(27)25-11-17-5-2-8-28-17/h1,3-4,6-7,9-10,13,17H,2,5,8,11-12H2,(H,25,27)/t17-/m1/s1. The van der Waals surface area contributed by atoms with Crippen LogP contribution in [0.3, 0.4) is 0 Å². The van der Waals surface area contributed by atoms with Gasteiger partial charge in [-0.25, -0.2) is 9.37 Å². The van der Waals surface area contributed by atoms with E-state index in [0.29, 0.717) is 28.0 Å². The number of hydrogen-bond donors (Lipinski definition) is 1. The first-order valence-electron chi connectivity index (χ1n) is 9.61. The molecule has 1 aliphatic heterocycles. The molecular weight excluding hydrogens is 427 g/mol. The summed E-state index contributed by atoms with van der Waals surface area (Å²) in [5, 5.41) is 5.70. The van der Waals surface area contributed by atoms with Crippen molar-refractivity contribution in [2.24, 2.45) is 0 Å². The van der Waals surface area contributed by atoms with Gasteiger partial charge in [0.15, 0.2) is 0 Å². The summed E-state index contributed by atoms with van der Waals surface area (Å²) in [6, 6.07) is 11.5. The van der Waals surface area contributed by atoms with Gasteiger partial charge in [0.2, 0.25) is 0 Å². The van der Waals surface area contributed by atoms with Crippen LogP contribution in [0.4, 0.5) is 4.39 Å². The van der Waals surface area contributed by atoms with Crippen molar-refractivity contribution >= 4 is 28.8 Å². The highest BCUT2D eigenvalue weighted by molar-refractivity contribution is 7.13. The number of nitrogens with zero attached hydrogens (tertiary/aromatic N) is 1. The van der Waals surface area contributed by atoms with Gasteiger partial charge in [-0.05, 0) is 48.7 Å². The normalized spacial score (nSPS) is 15.9. The molecule has 5 nitrogen and oxygen atoms in total. The molecule has 0 saturated carbocycles. The summed E-state index contributed by atoms with van der Waals surface area (Å²) in [6.07, 6.45) is 2.08. The fourth-order valence-electron chi connectivity index (χ4n) is 3.16. The lowest BCUT2D eigenvalue weighted by atomic mass is 10.2. The Morgan fingerprint density at radius 3 is 3.00 bits per heavy atom. The predicted molar refractivity (Wildman–Crippen MR) is 115 cm³/mol. The van der Waals surface area contributed by atoms with Gasteiger partial charge >= 0.3 is 0 Å². The van der Waals surface area contributed by atoms with Crippen molar-refractivity contribution in [2.75, 3.05) is 13.2 Å². The number of rotatable bonds is 7. The van der Waals surface area contributed by atoms with Gasteiger partial charge in [-0.3, -0.25) is 4.79 Å². The number of amides is 1. The fourth-order valence-corrected chi connectivity index (χ4v) is 4.31. The van der Waals surface area contributed by atoms with Crippen LogP contribution in [0.5, 0.6) is 5.75 Å². The van der Waals surface area contributed by atoms with E-state index in [0.717, 1.165) is 30.6 Å². The number of hydrogen-bond acceptors (Lipinski definition) is 5. The third-order valence-electron chi connectivity index (χ3n) is 4.72. The molecule has 1 fully saturated rings. The molecular formula is C22H20ClFN2O3S. The Morgan fingerprint density at radius 1 is 1.33 bits per heavy atom. The Kier molecular flexibility index (Phi) is 6.62. The minimum Gasteiger partial charge on any atom is -0.489 e. The van der Waals surface area contributed by atoms with E-state index in [9.17, 15) is 9.18 Å². The first-order chi connectivity index (χ1) is 14.6. The van der Waals surface area contributed by atoms with Gasteiger partial charge in [0.1, 0.15) is 28.9 Å². The smallest absolute Gasteiger partial charge is 0.270 e. The number of carbonyl (C=O) groups excluding carboxylic acids is 1. The highest BCUT2D eigenvalue weighted by atomic mass is 35.5. The number of benzene rings is 2. The fraction of sp³-hybridized carbons (Fsp3) is 0.273. The number of halogens is 2. The SMILES string of the molecule is O=C(NC[C@H]1CCCO1)c1csc(-c2ccc(OCc3cccc(F)c3)cc2Cl)n1. The van der Waals surface area contributed by atoms with Crippen molar-refractivity contribution in [3.05, 3.63) is 69.9 Å². The minimum absolute atomic E-state index is 0.0847. The van der Waals surface area contributed by atoms with Crippen LogP contribution in [0.2, 0.25) is 5.02 Å². The molecule has 1 aliphatic rings. The zero-order valence-electron chi connectivity index (χ0n) is 16.1. The van der Waals surface area contributed by atoms with E-state index in [1.54, 1.807) is 35.7 Å². The first kappa shape index (κ1) is 20.8. The van der Waals surface area contributed by atoms with Crippen LogP contribution in [0.15, 0.2) is 47.8 Å². The molecule has 4 rings (SSSR count). The molecule has 0 bridgehead atoms. The van der Waals surface area contributed by atoms with Crippen molar-refractivity contribution in [3.8, 4) is 16.3 Å². The van der Waals surface area contributed by atoms with Crippen LogP contribution in [-0.4, -0.2) is 30.1 Å². The van der Waals surface area contributed by atoms with Crippen LogP contribution >= 0.6 is 22.9 Å². The monoisotopic (exact) mass is 446 g/mol. The lowest BCUT2D eigenvalue weighted by Gasteiger charge is -2.09. The molecule has 2 aromatic carbocycles. The summed E-state index contributed by atoms with van der Waals surface area (Å²) in [6.45, 7) is 1.48. The molecule has 1 aromatic heterocycles. The topological polar surface area (TPSA) is 60.5 Å². The zero-order chi connectivity index (χ0) is 20.9. The summed E-state index contributed by atoms with van der Waals surface area (Å²) >= 11 is 7.77. The van der Waals surface area contributed by atoms with Gasteiger partial charge in [0.05, 0.1) is 11.1 Å². The molecule has 1 atom stereocenters. The molecule has 2 heterocycles. The minimum atomic E-state index is -0.302. The Labute approximate surface area is 182 Å². The largest absolute Gasteiger partial charge is 0.489 e. The molecule has 8 heteroatoms. The van der Waals surface area contributed by atoms with Crippen LogP contribution in [0.1, 0.15) is 28.9 Å². The zero-order valence-corrected chi connectivity index (χ0v) is 17.6. The Bertz CT molecular complexity index is 1040. The average Bonchev–Trinajstić information content (AvgIpc) is 3.43. The molecule has 3 aromatic rings. The Morgan fingerprint density at radius 2 is 2.23 bits per heavy atom. The summed E-state index contributed by atoms with van der Waals surface area (Å²) in [4.78, 5) is 16.7. The average molecular weight is 447 g/mol. The van der Waals surface area contributed by atoms with Gasteiger partial charge in [-0.2, -0.15) is 0 Å². The number of carbonyl (C=O) groups is 1. The number of thiazole rings is 1. The second kappa shape index (κ2) is 9.55. The molecule has 1 amide bonds. The third kappa shape index (κ3) is 5.16. The molecule has 1 N–H and O–H groups in total. The van der Waals surface area contributed by atoms with Crippen molar-refractivity contribution < 1.29 is 18.7 Å². The summed E-state index contributed by atoms with van der Waals surface area (Å²) in [5.41, 5.74) is 1.81. The number of aromatic nitrogens is 1. The molecule has 30 heavy (non-hydrogen) atoms. The van der Waals surface area contributed by atoms with Crippen molar-refractivity contribution in [1.29, 1.82) is 0 Å². The molecule has 156 valence electrons. The maximum absolute atomic E-state index is 13.3. The predicted octanol–water partition coefficient (Wildman–Crippen LogP) is 5.09. The van der Waals surface area contributed by atoms with E-state index in [-0.39, 0.29) is 24.4 Å². The Balaban J connectivity index is 1.38. The highest BCUT2D eigenvalue weighted by Crippen LogP contribution is 2.33. The maximum atomic E-state index is 13.3. The van der Waals surface area contributed by atoms with Gasteiger partial charge in [-0.15, -0.1) is 11.3 Å². The van der Waals surface area contributed by atoms with Crippen LogP contribution in [0, 0.1) is 5.82 Å². The van der Waals surface area contributed by atoms with Gasteiger partial charge in [-0.1, -0.05) is 23.7 Å². The number of nitrogens with one attached hydrogen (secondary N) is 1. The van der Waals surface area contributed by atoms with Crippen molar-refractivity contribution in [2.45, 2.75) is 25.6 Å². The van der Waals surface area contributed by atoms with Gasteiger partial charge in [0, 0.05) is 24.1 Å². The second-order valence-electron chi connectivity index (χ2n) is 6.94. The highest BCUT2D eigenvalue weighted by Gasteiger charge is 2.18. The summed E-state index contributed by atoms with van der Waals surface area (Å²) in [5.74, 6) is 0.0436. The molecule has 0 unspecified atom stereocenters. The van der Waals surface area contributed by atoms with E-state index in [2.05, 4.69) is 10.3 Å². The Hall–Kier alpha value is -2.48. The van der Waals surface area contributed by atoms with Crippen molar-refractivity contribution in [1.82, 2.24) is 10.3 Å². The maximum Gasteiger partial charge on any atom is 0.270 e. The molecule has 0 aliphatic carbocycles. The van der Waals surface area contributed by atoms with Crippen LogP contribution < -0.4 is 10.1 Å². The van der Waals surface area contributed by atoms with Crippen LogP contribution in [0.25, 0.3) is 10.6 Å². The molecule has 0 spiro atoms. The van der Waals surface area contributed by atoms with Gasteiger partial charge < -0.3 is 14.8 Å². The van der Waals surface area contributed by atoms with Crippen LogP contribution in [-0.2, 0) is 11.3 Å². The van der Waals surface area contributed by atoms with E-state index in [1.165, 1.54) is 23.5 Å². The first-order valence-corrected chi connectivity index (χ1v) is 10.9. The van der Waals surface area contributed by atoms with E-state index in [1.807, 2.05) is 0 Å². The van der Waals surface area contributed by atoms with E-state index < -0.39 is 0 Å². The van der Waals surface area contributed by atoms with E-state index in [4.69, 9.17) is 21.1 Å². The lowest BCUT2D eigenvalue weighted by Crippen LogP contribution is -2.31. The molecule has 1 saturated heterocycles. The molecule has 0 radical (unpaired) electrons. The quantitative estimate of drug-likeness (QED) is 0.549. The van der Waals surface area contributed by atoms with Crippen molar-refractivity contribution in [3.63, 3.8) is 0 Å². The number of ether oxygens (including phenoxy) is 2. The third-order valence-corrected chi connectivity index (χ3v) is 5.90. The second-order valence-corrected chi connectivity index (χ2v) is 8.21. The summed E-state index contributed by atoms with van der Waals surface area (Å²) in [7, 11) is 0. The van der Waals surface area contributed by atoms with Gasteiger partial charge in [0.25, 0.3) is 5.91 Å². The lowest BCUT2D eigenvalue weighted by molar-refractivity contribution is 0.0854.